The van der Waals surface area contributed by atoms with E-state index >= 15 is 0 Å². The van der Waals surface area contributed by atoms with Gasteiger partial charge in [-0.3, -0.25) is 0 Å². The van der Waals surface area contributed by atoms with Crippen LogP contribution in [0.1, 0.15) is 0 Å². The lowest BCUT2D eigenvalue weighted by atomic mass is 10.1. The van der Waals surface area contributed by atoms with Gasteiger partial charge in [0.1, 0.15) is 11.5 Å². The van der Waals surface area contributed by atoms with Gasteiger partial charge in [0.2, 0.25) is 0 Å². The molecule has 0 spiro atoms. The molecule has 0 unspecified atom stereocenters. The molecule has 5 nitrogen and oxygen atoms in total. The molecule has 0 amide bonds. The molecule has 0 aromatic heterocycles. The van der Waals surface area contributed by atoms with Crippen molar-refractivity contribution < 1.29 is 23.1 Å². The van der Waals surface area contributed by atoms with Crippen LogP contribution in [-0.4, -0.2) is 29.8 Å². The van der Waals surface area contributed by atoms with Crippen molar-refractivity contribution in [3.63, 3.8) is 0 Å². The Morgan fingerprint density at radius 3 is 2.27 bits per heavy atom. The van der Waals surface area contributed by atoms with Crippen molar-refractivity contribution >= 4 is 22.7 Å². The molecule has 0 aliphatic carbocycles. The number of rotatable bonds is 3. The Morgan fingerprint density at radius 1 is 1.07 bits per heavy atom. The minimum absolute atomic E-state index is 0.181. The molecular formula is C7H9B3O5. The van der Waals surface area contributed by atoms with Crippen LogP contribution >= 0.6 is 0 Å². The summed E-state index contributed by atoms with van der Waals surface area (Å²) in [5, 5.41) is 0. The van der Waals surface area contributed by atoms with Gasteiger partial charge >= 0.3 is 22.7 Å². The van der Waals surface area contributed by atoms with E-state index in [0.717, 1.165) is 5.75 Å². The molecule has 0 bridgehead atoms. The maximum absolute atomic E-state index is 5.37. The van der Waals surface area contributed by atoms with Crippen molar-refractivity contribution in [1.82, 2.24) is 0 Å². The number of benzene rings is 1. The molecule has 1 aliphatic heterocycles. The van der Waals surface area contributed by atoms with Crippen molar-refractivity contribution in [1.29, 1.82) is 0 Å². The number of methoxy groups -OCH3 is 1. The number of hydrogen-bond donors (Lipinski definition) is 0. The van der Waals surface area contributed by atoms with Gasteiger partial charge in [-0.25, -0.2) is 0 Å². The lowest BCUT2D eigenvalue weighted by Crippen LogP contribution is -2.39. The van der Waals surface area contributed by atoms with Crippen molar-refractivity contribution in [2.24, 2.45) is 0 Å². The van der Waals surface area contributed by atoms with Crippen LogP contribution < -0.4 is 9.39 Å². The number of ether oxygens (including phenoxy) is 1. The Balaban J connectivity index is 1.91. The van der Waals surface area contributed by atoms with Gasteiger partial charge in [0.15, 0.2) is 0 Å². The summed E-state index contributed by atoms with van der Waals surface area (Å²) in [6.45, 7) is 0. The highest BCUT2D eigenvalue weighted by Crippen LogP contribution is 2.18. The second-order valence-electron chi connectivity index (χ2n) is 2.86. The summed E-state index contributed by atoms with van der Waals surface area (Å²) >= 11 is 0. The molecule has 1 fully saturated rings. The molecule has 0 radical (unpaired) electrons. The van der Waals surface area contributed by atoms with E-state index in [1.807, 2.05) is 0 Å². The molecule has 0 saturated carbocycles. The minimum Gasteiger partial charge on any atom is -0.513 e. The van der Waals surface area contributed by atoms with E-state index in [1.165, 1.54) is 0 Å². The quantitative estimate of drug-likeness (QED) is 0.632. The van der Waals surface area contributed by atoms with Crippen molar-refractivity contribution in [3.8, 4) is 11.5 Å². The first-order valence-electron chi connectivity index (χ1n) is 4.50. The Morgan fingerprint density at radius 2 is 1.67 bits per heavy atom. The third kappa shape index (κ3) is 2.92. The van der Waals surface area contributed by atoms with E-state index < -0.39 is 7.32 Å². The Labute approximate surface area is 89.4 Å². The molecular weight excluding hydrogens is 197 g/mol. The van der Waals surface area contributed by atoms with E-state index in [4.69, 9.17) is 23.1 Å². The molecule has 1 saturated heterocycles. The van der Waals surface area contributed by atoms with Crippen LogP contribution in [0.2, 0.25) is 0 Å². The highest BCUT2D eigenvalue weighted by atomic mass is 16.8. The molecule has 1 aromatic rings. The SMILES string of the molecule is COc1ccc(OB2OBOBO2)cc1. The van der Waals surface area contributed by atoms with Gasteiger partial charge in [0.25, 0.3) is 0 Å². The van der Waals surface area contributed by atoms with E-state index in [9.17, 15) is 0 Å². The summed E-state index contributed by atoms with van der Waals surface area (Å²) in [7, 11) is 1.27. The smallest absolute Gasteiger partial charge is 0.513 e. The summed E-state index contributed by atoms with van der Waals surface area (Å²) in [6.07, 6.45) is 0. The van der Waals surface area contributed by atoms with Gasteiger partial charge in [0, 0.05) is 0 Å². The molecule has 2 rings (SSSR count). The van der Waals surface area contributed by atoms with Gasteiger partial charge in [-0.05, 0) is 24.3 Å². The van der Waals surface area contributed by atoms with Gasteiger partial charge in [0.05, 0.1) is 7.11 Å². The van der Waals surface area contributed by atoms with Crippen molar-refractivity contribution in [2.75, 3.05) is 7.11 Å². The second-order valence-corrected chi connectivity index (χ2v) is 2.86. The van der Waals surface area contributed by atoms with Gasteiger partial charge in [-0.2, -0.15) is 0 Å². The zero-order valence-corrected chi connectivity index (χ0v) is 8.34. The molecule has 0 N–H and O–H groups in total. The Hall–Kier alpha value is -1.11. The summed E-state index contributed by atoms with van der Waals surface area (Å²) < 4.78 is 25.3. The lowest BCUT2D eigenvalue weighted by molar-refractivity contribution is 0.250. The van der Waals surface area contributed by atoms with Crippen LogP contribution in [0.25, 0.3) is 0 Å². The molecule has 1 aliphatic rings. The van der Waals surface area contributed by atoms with Crippen LogP contribution in [0.5, 0.6) is 11.5 Å². The molecule has 1 heterocycles. The molecule has 1 aromatic carbocycles. The highest BCUT2D eigenvalue weighted by molar-refractivity contribution is 6.57. The van der Waals surface area contributed by atoms with Crippen LogP contribution in [-0.2, 0) is 13.7 Å². The highest BCUT2D eigenvalue weighted by Gasteiger charge is 2.28. The van der Waals surface area contributed by atoms with E-state index in [-0.39, 0.29) is 15.4 Å². The molecule has 8 heteroatoms. The van der Waals surface area contributed by atoms with Crippen LogP contribution in [0, 0.1) is 0 Å². The normalized spacial score (nSPS) is 15.1. The zero-order chi connectivity index (χ0) is 10.5. The summed E-state index contributed by atoms with van der Waals surface area (Å²) in [5.41, 5.74) is 0. The fraction of sp³-hybridized carbons (Fsp3) is 0.143. The van der Waals surface area contributed by atoms with Gasteiger partial charge in [-0.15, -0.1) is 0 Å². The summed E-state index contributed by atoms with van der Waals surface area (Å²) in [6, 6.07) is 7.16. The summed E-state index contributed by atoms with van der Waals surface area (Å²) in [4.78, 5) is 0. The minimum atomic E-state index is -0.702. The third-order valence-corrected chi connectivity index (χ3v) is 1.87. The molecule has 0 atom stereocenters. The lowest BCUT2D eigenvalue weighted by Gasteiger charge is -2.18. The zero-order valence-electron chi connectivity index (χ0n) is 8.34. The van der Waals surface area contributed by atoms with E-state index in [0.29, 0.717) is 5.75 Å². The average Bonchev–Trinajstić information content (AvgIpc) is 2.31. The van der Waals surface area contributed by atoms with Gasteiger partial charge in [-0.1, -0.05) is 0 Å². The first-order chi connectivity index (χ1) is 7.38. The van der Waals surface area contributed by atoms with Crippen molar-refractivity contribution in [3.05, 3.63) is 24.3 Å². The van der Waals surface area contributed by atoms with Crippen LogP contribution in [0.3, 0.4) is 0 Å². The second kappa shape index (κ2) is 5.11. The molecule has 76 valence electrons. The summed E-state index contributed by atoms with van der Waals surface area (Å²) in [5.74, 6) is 1.43. The first kappa shape index (κ1) is 10.4. The predicted octanol–water partition coefficient (Wildman–Crippen LogP) is -0.345. The first-order valence-corrected chi connectivity index (χ1v) is 4.50. The monoisotopic (exact) mass is 206 g/mol. The fourth-order valence-corrected chi connectivity index (χ4v) is 1.12. The largest absolute Gasteiger partial charge is 0.684 e. The van der Waals surface area contributed by atoms with Crippen LogP contribution in [0.4, 0.5) is 0 Å². The predicted molar refractivity (Wildman–Crippen MR) is 56.9 cm³/mol. The van der Waals surface area contributed by atoms with E-state index in [2.05, 4.69) is 0 Å². The fourth-order valence-electron chi connectivity index (χ4n) is 1.12. The van der Waals surface area contributed by atoms with Crippen LogP contribution in [0.15, 0.2) is 24.3 Å². The topological polar surface area (TPSA) is 46.2 Å². The third-order valence-electron chi connectivity index (χ3n) is 1.87. The van der Waals surface area contributed by atoms with E-state index in [1.54, 1.807) is 31.4 Å². The Bertz CT molecular complexity index is 300. The molecule has 15 heavy (non-hydrogen) atoms. The maximum Gasteiger partial charge on any atom is 0.684 e. The van der Waals surface area contributed by atoms with Crippen molar-refractivity contribution in [2.45, 2.75) is 0 Å². The standard InChI is InChI=1S/C7H9B3O5/c1-11-6-2-4-7(5-3-6)12-10-14-8-13-9-15-10/h2-5,8-9H,1H3. The maximum atomic E-state index is 5.37. The Kier molecular flexibility index (Phi) is 3.55. The average molecular weight is 206 g/mol. The number of hydrogen-bond acceptors (Lipinski definition) is 5. The van der Waals surface area contributed by atoms with Gasteiger partial charge < -0.3 is 23.1 Å².